The van der Waals surface area contributed by atoms with Gasteiger partial charge in [-0.05, 0) is 30.5 Å². The minimum Gasteiger partial charge on any atom is -0.497 e. The molecule has 0 aliphatic carbocycles. The fourth-order valence-electron chi connectivity index (χ4n) is 2.72. The van der Waals surface area contributed by atoms with Crippen molar-refractivity contribution in [1.29, 1.82) is 0 Å². The van der Waals surface area contributed by atoms with Crippen molar-refractivity contribution >= 4 is 22.4 Å². The quantitative estimate of drug-likeness (QED) is 0.920. The van der Waals surface area contributed by atoms with E-state index in [0.717, 1.165) is 35.8 Å². The molecule has 116 valence electrons. The molecule has 3 rings (SSSR count). The summed E-state index contributed by atoms with van der Waals surface area (Å²) < 4.78 is 5.20. The maximum atomic E-state index is 12.5. The summed E-state index contributed by atoms with van der Waals surface area (Å²) in [7, 11) is 1.64. The fourth-order valence-corrected chi connectivity index (χ4v) is 3.43. The van der Waals surface area contributed by atoms with Gasteiger partial charge in [-0.3, -0.25) is 4.79 Å². The van der Waals surface area contributed by atoms with Crippen LogP contribution in [0.1, 0.15) is 18.4 Å². The first-order chi connectivity index (χ1) is 10.8. The van der Waals surface area contributed by atoms with Gasteiger partial charge in [-0.2, -0.15) is 0 Å². The lowest BCUT2D eigenvalue weighted by Gasteiger charge is -2.23. The van der Waals surface area contributed by atoms with Crippen molar-refractivity contribution in [3.8, 4) is 5.75 Å². The monoisotopic (exact) mass is 317 g/mol. The molecule has 2 aromatic rings. The van der Waals surface area contributed by atoms with E-state index in [0.29, 0.717) is 6.54 Å². The Balaban J connectivity index is 1.61. The smallest absolute Gasteiger partial charge is 0.243 e. The van der Waals surface area contributed by atoms with Crippen molar-refractivity contribution in [2.75, 3.05) is 18.6 Å². The molecule has 1 saturated heterocycles. The topological polar surface area (TPSA) is 54.5 Å². The van der Waals surface area contributed by atoms with Gasteiger partial charge >= 0.3 is 0 Å². The summed E-state index contributed by atoms with van der Waals surface area (Å²) in [5.74, 6) is 0.868. The van der Waals surface area contributed by atoms with E-state index in [1.807, 2.05) is 29.6 Å². The number of benzene rings is 1. The number of aromatic nitrogens is 1. The first-order valence-corrected chi connectivity index (χ1v) is 8.22. The Labute approximate surface area is 133 Å². The molecular weight excluding hydrogens is 298 g/mol. The van der Waals surface area contributed by atoms with Crippen LogP contribution in [0.2, 0.25) is 0 Å². The van der Waals surface area contributed by atoms with E-state index in [1.54, 1.807) is 24.6 Å². The number of hydrogen-bond acceptors (Lipinski definition) is 5. The first kappa shape index (κ1) is 14.8. The largest absolute Gasteiger partial charge is 0.497 e. The Hall–Kier alpha value is -2.08. The van der Waals surface area contributed by atoms with E-state index in [4.69, 9.17) is 4.74 Å². The Morgan fingerprint density at radius 2 is 2.45 bits per heavy atom. The van der Waals surface area contributed by atoms with Crippen LogP contribution in [0.4, 0.5) is 5.13 Å². The molecule has 0 bridgehead atoms. The molecule has 1 amide bonds. The standard InChI is InChI=1S/C16H19N3O2S/c1-21-13-5-2-4-12(10-13)11-18-15(20)14-6-3-8-19(14)16-17-7-9-22-16/h2,4-5,7,9-10,14H,3,6,8,11H2,1H3,(H,18,20). The zero-order valence-corrected chi connectivity index (χ0v) is 13.3. The SMILES string of the molecule is COc1cccc(CNC(=O)C2CCCN2c2nccs2)c1. The van der Waals surface area contributed by atoms with Gasteiger partial charge < -0.3 is 15.0 Å². The van der Waals surface area contributed by atoms with E-state index < -0.39 is 0 Å². The highest BCUT2D eigenvalue weighted by molar-refractivity contribution is 7.13. The molecule has 1 atom stereocenters. The molecule has 1 aliphatic rings. The van der Waals surface area contributed by atoms with Crippen LogP contribution in [0, 0.1) is 0 Å². The van der Waals surface area contributed by atoms with Gasteiger partial charge in [0.05, 0.1) is 7.11 Å². The highest BCUT2D eigenvalue weighted by atomic mass is 32.1. The second-order valence-electron chi connectivity index (χ2n) is 5.24. The fraction of sp³-hybridized carbons (Fsp3) is 0.375. The van der Waals surface area contributed by atoms with Crippen LogP contribution >= 0.6 is 11.3 Å². The molecule has 1 fully saturated rings. The Bertz CT molecular complexity index is 630. The van der Waals surface area contributed by atoms with Crippen molar-refractivity contribution in [2.45, 2.75) is 25.4 Å². The number of amides is 1. The Morgan fingerprint density at radius 3 is 3.23 bits per heavy atom. The lowest BCUT2D eigenvalue weighted by molar-refractivity contribution is -0.122. The summed E-state index contributed by atoms with van der Waals surface area (Å²) >= 11 is 1.58. The minimum atomic E-state index is -0.114. The number of nitrogens with zero attached hydrogens (tertiary/aromatic N) is 2. The van der Waals surface area contributed by atoms with Crippen LogP contribution in [0.25, 0.3) is 0 Å². The van der Waals surface area contributed by atoms with Gasteiger partial charge in [0.2, 0.25) is 5.91 Å². The molecule has 0 radical (unpaired) electrons. The summed E-state index contributed by atoms with van der Waals surface area (Å²) in [5.41, 5.74) is 1.03. The van der Waals surface area contributed by atoms with Crippen molar-refractivity contribution < 1.29 is 9.53 Å². The van der Waals surface area contributed by atoms with Crippen LogP contribution in [-0.4, -0.2) is 30.6 Å². The number of methoxy groups -OCH3 is 1. The molecule has 1 aliphatic heterocycles. The van der Waals surface area contributed by atoms with Crippen LogP contribution in [-0.2, 0) is 11.3 Å². The number of hydrogen-bond donors (Lipinski definition) is 1. The lowest BCUT2D eigenvalue weighted by Crippen LogP contribution is -2.43. The molecule has 1 aromatic heterocycles. The van der Waals surface area contributed by atoms with Gasteiger partial charge in [0.25, 0.3) is 0 Å². The maximum Gasteiger partial charge on any atom is 0.243 e. The van der Waals surface area contributed by atoms with E-state index in [-0.39, 0.29) is 11.9 Å². The minimum absolute atomic E-state index is 0.0653. The summed E-state index contributed by atoms with van der Waals surface area (Å²) in [4.78, 5) is 18.9. The molecule has 22 heavy (non-hydrogen) atoms. The number of nitrogens with one attached hydrogen (secondary N) is 1. The molecule has 5 nitrogen and oxygen atoms in total. The summed E-state index contributed by atoms with van der Waals surface area (Å²) in [6.07, 6.45) is 3.68. The third-order valence-corrected chi connectivity index (χ3v) is 4.63. The predicted octanol–water partition coefficient (Wildman–Crippen LogP) is 2.44. The van der Waals surface area contributed by atoms with Gasteiger partial charge in [-0.15, -0.1) is 11.3 Å². The van der Waals surface area contributed by atoms with Gasteiger partial charge in [-0.1, -0.05) is 12.1 Å². The van der Waals surface area contributed by atoms with Crippen LogP contribution in [0.5, 0.6) is 5.75 Å². The second kappa shape index (κ2) is 6.79. The van der Waals surface area contributed by atoms with Crippen LogP contribution < -0.4 is 15.0 Å². The van der Waals surface area contributed by atoms with Crippen LogP contribution in [0.15, 0.2) is 35.8 Å². The molecule has 2 heterocycles. The van der Waals surface area contributed by atoms with Crippen molar-refractivity contribution in [2.24, 2.45) is 0 Å². The zero-order chi connectivity index (χ0) is 15.4. The van der Waals surface area contributed by atoms with Gasteiger partial charge in [0, 0.05) is 24.7 Å². The molecule has 6 heteroatoms. The summed E-state index contributed by atoms with van der Waals surface area (Å²) in [5, 5.41) is 5.90. The number of carbonyl (C=O) groups is 1. The van der Waals surface area contributed by atoms with E-state index in [2.05, 4.69) is 15.2 Å². The Morgan fingerprint density at radius 1 is 1.55 bits per heavy atom. The van der Waals surface area contributed by atoms with Gasteiger partial charge in [-0.25, -0.2) is 4.98 Å². The number of carbonyl (C=O) groups excluding carboxylic acids is 1. The molecular formula is C16H19N3O2S. The average molecular weight is 317 g/mol. The van der Waals surface area contributed by atoms with Crippen molar-refractivity contribution in [3.63, 3.8) is 0 Å². The summed E-state index contributed by atoms with van der Waals surface area (Å²) in [6.45, 7) is 1.41. The maximum absolute atomic E-state index is 12.5. The molecule has 1 unspecified atom stereocenters. The number of ether oxygens (including phenoxy) is 1. The van der Waals surface area contributed by atoms with E-state index in [9.17, 15) is 4.79 Å². The van der Waals surface area contributed by atoms with Gasteiger partial charge in [0.15, 0.2) is 5.13 Å². The molecule has 1 N–H and O–H groups in total. The van der Waals surface area contributed by atoms with Crippen molar-refractivity contribution in [3.05, 3.63) is 41.4 Å². The van der Waals surface area contributed by atoms with E-state index in [1.165, 1.54) is 0 Å². The second-order valence-corrected chi connectivity index (χ2v) is 6.11. The Kier molecular flexibility index (Phi) is 4.58. The van der Waals surface area contributed by atoms with Crippen molar-refractivity contribution in [1.82, 2.24) is 10.3 Å². The third-order valence-electron chi connectivity index (χ3n) is 3.82. The average Bonchev–Trinajstić information content (AvgIpc) is 3.23. The third kappa shape index (κ3) is 3.22. The predicted molar refractivity (Wildman–Crippen MR) is 87.3 cm³/mol. The van der Waals surface area contributed by atoms with Crippen LogP contribution in [0.3, 0.4) is 0 Å². The highest BCUT2D eigenvalue weighted by Crippen LogP contribution is 2.27. The number of rotatable bonds is 5. The molecule has 0 saturated carbocycles. The molecule has 1 aromatic carbocycles. The number of anilines is 1. The lowest BCUT2D eigenvalue weighted by atomic mass is 10.2. The first-order valence-electron chi connectivity index (χ1n) is 7.34. The van der Waals surface area contributed by atoms with Gasteiger partial charge in [0.1, 0.15) is 11.8 Å². The summed E-state index contributed by atoms with van der Waals surface area (Å²) in [6, 6.07) is 7.63. The molecule has 0 spiro atoms. The van der Waals surface area contributed by atoms with E-state index >= 15 is 0 Å². The highest BCUT2D eigenvalue weighted by Gasteiger charge is 2.31. The normalized spacial score (nSPS) is 17.5. The number of thiazole rings is 1. The zero-order valence-electron chi connectivity index (χ0n) is 12.5.